The molecule has 58 valence electrons. The molecule has 0 radical (unpaired) electrons. The molecule has 0 saturated carbocycles. The van der Waals surface area contributed by atoms with Crippen LogP contribution in [0.1, 0.15) is 10.4 Å². The average Bonchev–Trinajstić information content (AvgIpc) is 2.04. The monoisotopic (exact) mass is 151 g/mol. The van der Waals surface area contributed by atoms with Crippen molar-refractivity contribution >= 4 is 12.0 Å². The predicted octanol–water partition coefficient (Wildman–Crippen LogP) is 1.25. The van der Waals surface area contributed by atoms with E-state index in [4.69, 9.17) is 0 Å². The number of aromatic hydroxyl groups is 1. The molecule has 0 aliphatic carbocycles. The van der Waals surface area contributed by atoms with Gasteiger partial charge in [0.2, 0.25) is 0 Å². The number of anilines is 1. The number of rotatable bonds is 2. The SMILES string of the molecule is CNc1ccc(C=O)cc1O. The van der Waals surface area contributed by atoms with Crippen molar-refractivity contribution in [3.05, 3.63) is 23.8 Å². The van der Waals surface area contributed by atoms with Crippen LogP contribution in [0.5, 0.6) is 5.75 Å². The van der Waals surface area contributed by atoms with E-state index in [2.05, 4.69) is 5.32 Å². The maximum atomic E-state index is 10.2. The molecule has 0 aliphatic rings. The average molecular weight is 151 g/mol. The molecule has 0 heterocycles. The quantitative estimate of drug-likeness (QED) is 0.494. The molecule has 0 saturated heterocycles. The van der Waals surface area contributed by atoms with Crippen LogP contribution in [0.15, 0.2) is 18.2 Å². The van der Waals surface area contributed by atoms with E-state index in [0.717, 1.165) is 0 Å². The maximum absolute atomic E-state index is 10.2. The van der Waals surface area contributed by atoms with Gasteiger partial charge in [0, 0.05) is 12.6 Å². The molecule has 0 aliphatic heterocycles. The van der Waals surface area contributed by atoms with Crippen LogP contribution in [0.3, 0.4) is 0 Å². The Hall–Kier alpha value is -1.51. The molecule has 0 amide bonds. The van der Waals surface area contributed by atoms with E-state index in [9.17, 15) is 9.90 Å². The molecular formula is C8H9NO2. The zero-order valence-electron chi connectivity index (χ0n) is 6.16. The molecule has 3 heteroatoms. The van der Waals surface area contributed by atoms with Gasteiger partial charge >= 0.3 is 0 Å². The molecule has 1 aromatic carbocycles. The van der Waals surface area contributed by atoms with Gasteiger partial charge in [-0.3, -0.25) is 4.79 Å². The highest BCUT2D eigenvalue weighted by atomic mass is 16.3. The number of phenols is 1. The third kappa shape index (κ3) is 1.49. The number of benzene rings is 1. The lowest BCUT2D eigenvalue weighted by Gasteiger charge is -2.02. The van der Waals surface area contributed by atoms with Gasteiger partial charge in [0.1, 0.15) is 12.0 Å². The summed E-state index contributed by atoms with van der Waals surface area (Å²) >= 11 is 0. The lowest BCUT2D eigenvalue weighted by Crippen LogP contribution is -1.89. The highest BCUT2D eigenvalue weighted by molar-refractivity contribution is 5.77. The third-order valence-electron chi connectivity index (χ3n) is 1.43. The molecule has 11 heavy (non-hydrogen) atoms. The molecule has 0 fully saturated rings. The molecule has 0 unspecified atom stereocenters. The van der Waals surface area contributed by atoms with Crippen molar-refractivity contribution in [3.8, 4) is 5.75 Å². The zero-order valence-corrected chi connectivity index (χ0v) is 6.16. The van der Waals surface area contributed by atoms with Crippen molar-refractivity contribution in [2.45, 2.75) is 0 Å². The molecule has 3 nitrogen and oxygen atoms in total. The van der Waals surface area contributed by atoms with Crippen molar-refractivity contribution < 1.29 is 9.90 Å². The minimum Gasteiger partial charge on any atom is -0.506 e. The van der Waals surface area contributed by atoms with E-state index in [0.29, 0.717) is 17.5 Å². The van der Waals surface area contributed by atoms with Crippen molar-refractivity contribution in [2.24, 2.45) is 0 Å². The number of nitrogens with one attached hydrogen (secondary N) is 1. The summed E-state index contributed by atoms with van der Waals surface area (Å²) in [7, 11) is 1.70. The molecule has 0 spiro atoms. The lowest BCUT2D eigenvalue weighted by molar-refractivity contribution is 0.112. The molecule has 0 atom stereocenters. The van der Waals surface area contributed by atoms with E-state index >= 15 is 0 Å². The topological polar surface area (TPSA) is 49.3 Å². The van der Waals surface area contributed by atoms with Crippen molar-refractivity contribution in [1.82, 2.24) is 0 Å². The van der Waals surface area contributed by atoms with Gasteiger partial charge in [-0.15, -0.1) is 0 Å². The van der Waals surface area contributed by atoms with Crippen LogP contribution in [0.4, 0.5) is 5.69 Å². The second kappa shape index (κ2) is 3.05. The largest absolute Gasteiger partial charge is 0.506 e. The molecular weight excluding hydrogens is 142 g/mol. The van der Waals surface area contributed by atoms with Crippen LogP contribution in [0.2, 0.25) is 0 Å². The summed E-state index contributed by atoms with van der Waals surface area (Å²) < 4.78 is 0. The van der Waals surface area contributed by atoms with Gasteiger partial charge in [-0.2, -0.15) is 0 Å². The van der Waals surface area contributed by atoms with Crippen LogP contribution in [0.25, 0.3) is 0 Å². The molecule has 2 N–H and O–H groups in total. The summed E-state index contributed by atoms with van der Waals surface area (Å²) in [6, 6.07) is 4.70. The van der Waals surface area contributed by atoms with Gasteiger partial charge in [0.05, 0.1) is 5.69 Å². The lowest BCUT2D eigenvalue weighted by atomic mass is 10.2. The van der Waals surface area contributed by atoms with Gasteiger partial charge in [-0.1, -0.05) is 0 Å². The summed E-state index contributed by atoms with van der Waals surface area (Å²) in [5, 5.41) is 12.0. The molecule has 1 aromatic rings. The van der Waals surface area contributed by atoms with Crippen LogP contribution in [0, 0.1) is 0 Å². The fourth-order valence-electron chi connectivity index (χ4n) is 0.833. The number of carbonyl (C=O) groups excluding carboxylic acids is 1. The van der Waals surface area contributed by atoms with Gasteiger partial charge in [0.15, 0.2) is 0 Å². The Morgan fingerprint density at radius 2 is 2.27 bits per heavy atom. The Morgan fingerprint density at radius 1 is 1.55 bits per heavy atom. The summed E-state index contributed by atoms with van der Waals surface area (Å²) in [6.07, 6.45) is 0.694. The van der Waals surface area contributed by atoms with Gasteiger partial charge in [-0.05, 0) is 18.2 Å². The van der Waals surface area contributed by atoms with Gasteiger partial charge in [-0.25, -0.2) is 0 Å². The van der Waals surface area contributed by atoms with Crippen LogP contribution in [-0.4, -0.2) is 18.4 Å². The Morgan fingerprint density at radius 3 is 2.73 bits per heavy atom. The van der Waals surface area contributed by atoms with Gasteiger partial charge in [0.25, 0.3) is 0 Å². The molecule has 0 aromatic heterocycles. The minimum atomic E-state index is 0.0945. The number of aldehydes is 1. The van der Waals surface area contributed by atoms with E-state index in [1.807, 2.05) is 0 Å². The summed E-state index contributed by atoms with van der Waals surface area (Å²) in [5.41, 5.74) is 1.09. The third-order valence-corrected chi connectivity index (χ3v) is 1.43. The van der Waals surface area contributed by atoms with Crippen molar-refractivity contribution in [1.29, 1.82) is 0 Å². The number of hydrogen-bond acceptors (Lipinski definition) is 3. The highest BCUT2D eigenvalue weighted by Gasteiger charge is 1.98. The second-order valence-corrected chi connectivity index (χ2v) is 2.14. The van der Waals surface area contributed by atoms with Crippen LogP contribution >= 0.6 is 0 Å². The van der Waals surface area contributed by atoms with Gasteiger partial charge < -0.3 is 10.4 Å². The van der Waals surface area contributed by atoms with Crippen molar-refractivity contribution in [2.75, 3.05) is 12.4 Å². The van der Waals surface area contributed by atoms with E-state index in [-0.39, 0.29) is 5.75 Å². The first-order chi connectivity index (χ1) is 5.27. The maximum Gasteiger partial charge on any atom is 0.150 e. The number of phenolic OH excluding ortho intramolecular Hbond substituents is 1. The fraction of sp³-hybridized carbons (Fsp3) is 0.125. The highest BCUT2D eigenvalue weighted by Crippen LogP contribution is 2.22. The first-order valence-electron chi connectivity index (χ1n) is 3.24. The first-order valence-corrected chi connectivity index (χ1v) is 3.24. The smallest absolute Gasteiger partial charge is 0.150 e. The normalized spacial score (nSPS) is 9.18. The van der Waals surface area contributed by atoms with E-state index < -0.39 is 0 Å². The standard InChI is InChI=1S/C8H9NO2/c1-9-7-3-2-6(5-10)4-8(7)11/h2-5,9,11H,1H3. The second-order valence-electron chi connectivity index (χ2n) is 2.14. The Labute approximate surface area is 64.7 Å². The number of hydrogen-bond donors (Lipinski definition) is 2. The zero-order chi connectivity index (χ0) is 8.27. The number of carbonyl (C=O) groups is 1. The predicted molar refractivity (Wildman–Crippen MR) is 43.0 cm³/mol. The summed E-state index contributed by atoms with van der Waals surface area (Å²) in [4.78, 5) is 10.2. The summed E-state index contributed by atoms with van der Waals surface area (Å²) in [6.45, 7) is 0. The van der Waals surface area contributed by atoms with Crippen molar-refractivity contribution in [3.63, 3.8) is 0 Å². The Kier molecular flexibility index (Phi) is 2.11. The van der Waals surface area contributed by atoms with E-state index in [1.54, 1.807) is 19.2 Å². The molecule has 1 rings (SSSR count). The van der Waals surface area contributed by atoms with Crippen LogP contribution < -0.4 is 5.32 Å². The summed E-state index contributed by atoms with van der Waals surface area (Å²) in [5.74, 6) is 0.0945. The molecule has 0 bridgehead atoms. The minimum absolute atomic E-state index is 0.0945. The fourth-order valence-corrected chi connectivity index (χ4v) is 0.833. The van der Waals surface area contributed by atoms with E-state index in [1.165, 1.54) is 6.07 Å². The first kappa shape index (κ1) is 7.60. The Balaban J connectivity index is 3.09. The Bertz CT molecular complexity index is 271. The van der Waals surface area contributed by atoms with Crippen LogP contribution in [-0.2, 0) is 0 Å².